The predicted molar refractivity (Wildman–Crippen MR) is 79.8 cm³/mol. The van der Waals surface area contributed by atoms with E-state index >= 15 is 0 Å². The van der Waals surface area contributed by atoms with E-state index in [9.17, 15) is 14.7 Å². The fourth-order valence-electron chi connectivity index (χ4n) is 3.09. The Balaban J connectivity index is 2.93. The van der Waals surface area contributed by atoms with Crippen molar-refractivity contribution in [1.82, 2.24) is 9.80 Å². The number of amides is 3. The van der Waals surface area contributed by atoms with Crippen molar-refractivity contribution < 1.29 is 19.8 Å². The van der Waals surface area contributed by atoms with Crippen molar-refractivity contribution in [1.29, 1.82) is 0 Å². The number of hydrogen-bond acceptors (Lipinski definition) is 4. The summed E-state index contributed by atoms with van der Waals surface area (Å²) in [5, 5.41) is 18.3. The average molecular weight is 300 g/mol. The number of aliphatic hydroxyl groups excluding tert-OH is 2. The molecule has 1 heterocycles. The van der Waals surface area contributed by atoms with Crippen LogP contribution in [0.15, 0.2) is 0 Å². The van der Waals surface area contributed by atoms with E-state index in [1.807, 2.05) is 6.92 Å². The molecule has 0 aromatic carbocycles. The third-order valence-corrected chi connectivity index (χ3v) is 4.30. The lowest BCUT2D eigenvalue weighted by Crippen LogP contribution is -2.50. The van der Waals surface area contributed by atoms with Crippen LogP contribution in [0.1, 0.15) is 52.4 Å². The van der Waals surface area contributed by atoms with E-state index in [-0.39, 0.29) is 38.2 Å². The molecule has 1 fully saturated rings. The fraction of sp³-hybridized carbons (Fsp3) is 0.867. The second kappa shape index (κ2) is 8.34. The Kier molecular flexibility index (Phi) is 7.11. The Bertz CT molecular complexity index is 362. The van der Waals surface area contributed by atoms with Gasteiger partial charge < -0.3 is 15.1 Å². The Labute approximate surface area is 126 Å². The molecule has 1 rings (SSSR count). The second-order valence-corrected chi connectivity index (χ2v) is 5.53. The maximum atomic E-state index is 12.7. The summed E-state index contributed by atoms with van der Waals surface area (Å²) in [6, 6.07) is -0.388. The highest BCUT2D eigenvalue weighted by molar-refractivity contribution is 6.07. The van der Waals surface area contributed by atoms with Crippen molar-refractivity contribution in [3.63, 3.8) is 0 Å². The predicted octanol–water partition coefficient (Wildman–Crippen LogP) is 1.35. The summed E-state index contributed by atoms with van der Waals surface area (Å²) in [5.74, 6) is -0.228. The topological polar surface area (TPSA) is 81.1 Å². The first-order chi connectivity index (χ1) is 10.1. The molecular formula is C15H28N2O4. The van der Waals surface area contributed by atoms with Crippen LogP contribution in [0.2, 0.25) is 0 Å². The highest BCUT2D eigenvalue weighted by Crippen LogP contribution is 2.35. The van der Waals surface area contributed by atoms with Gasteiger partial charge in [-0.3, -0.25) is 9.69 Å². The quantitative estimate of drug-likeness (QED) is 0.471. The van der Waals surface area contributed by atoms with E-state index in [0.717, 1.165) is 30.6 Å². The first-order valence-corrected chi connectivity index (χ1v) is 7.94. The van der Waals surface area contributed by atoms with E-state index in [2.05, 4.69) is 6.92 Å². The molecule has 0 bridgehead atoms. The fourth-order valence-corrected chi connectivity index (χ4v) is 3.09. The van der Waals surface area contributed by atoms with Gasteiger partial charge in [-0.15, -0.1) is 0 Å². The third-order valence-electron chi connectivity index (χ3n) is 4.30. The van der Waals surface area contributed by atoms with Crippen LogP contribution < -0.4 is 0 Å². The maximum Gasteiger partial charge on any atom is 0.327 e. The molecule has 21 heavy (non-hydrogen) atoms. The molecule has 0 radical (unpaired) electrons. The molecule has 0 aliphatic carbocycles. The number of aliphatic hydroxyl groups is 2. The van der Waals surface area contributed by atoms with Gasteiger partial charge in [-0.2, -0.15) is 0 Å². The molecule has 122 valence electrons. The van der Waals surface area contributed by atoms with E-state index < -0.39 is 5.54 Å². The van der Waals surface area contributed by atoms with Crippen molar-refractivity contribution in [3.05, 3.63) is 0 Å². The van der Waals surface area contributed by atoms with Gasteiger partial charge in [0, 0.05) is 6.54 Å². The smallest absolute Gasteiger partial charge is 0.327 e. The first-order valence-electron chi connectivity index (χ1n) is 7.94. The Morgan fingerprint density at radius 2 is 1.67 bits per heavy atom. The number of nitrogens with zero attached hydrogens (tertiary/aromatic N) is 2. The number of hydrogen-bond donors (Lipinski definition) is 2. The van der Waals surface area contributed by atoms with Gasteiger partial charge in [-0.1, -0.05) is 39.5 Å². The minimum Gasteiger partial charge on any atom is -0.395 e. The van der Waals surface area contributed by atoms with Crippen LogP contribution in [0.5, 0.6) is 0 Å². The molecule has 0 aromatic rings. The van der Waals surface area contributed by atoms with E-state index in [0.29, 0.717) is 12.8 Å². The van der Waals surface area contributed by atoms with Crippen LogP contribution in [0.3, 0.4) is 0 Å². The molecule has 2 N–H and O–H groups in total. The second-order valence-electron chi connectivity index (χ2n) is 5.53. The molecule has 1 unspecified atom stereocenters. The first kappa shape index (κ1) is 17.9. The molecule has 3 amide bonds. The summed E-state index contributed by atoms with van der Waals surface area (Å²) in [7, 11) is 0. The van der Waals surface area contributed by atoms with Gasteiger partial charge in [-0.25, -0.2) is 4.79 Å². The molecule has 1 saturated heterocycles. The molecular weight excluding hydrogens is 272 g/mol. The van der Waals surface area contributed by atoms with Crippen LogP contribution in [-0.2, 0) is 4.79 Å². The van der Waals surface area contributed by atoms with Crippen LogP contribution in [-0.4, -0.2) is 63.8 Å². The summed E-state index contributed by atoms with van der Waals surface area (Å²) in [6.45, 7) is 3.81. The number of carbonyl (C=O) groups is 2. The molecule has 0 saturated carbocycles. The zero-order valence-corrected chi connectivity index (χ0v) is 13.2. The molecule has 6 heteroatoms. The molecule has 0 aromatic heterocycles. The lowest BCUT2D eigenvalue weighted by molar-refractivity contribution is -0.134. The lowest BCUT2D eigenvalue weighted by atomic mass is 9.87. The third kappa shape index (κ3) is 3.55. The minimum absolute atomic E-state index is 0.0241. The number of carbonyl (C=O) groups excluding carboxylic acids is 2. The summed E-state index contributed by atoms with van der Waals surface area (Å²) in [5.41, 5.74) is -0.845. The number of β-amino-alcohol motifs (C(OH)–C–C–N with tert-alkyl or cyclic N) is 2. The minimum atomic E-state index is -0.845. The summed E-state index contributed by atoms with van der Waals surface area (Å²) in [6.07, 6.45) is 5.30. The Morgan fingerprint density at radius 3 is 2.19 bits per heavy atom. The highest BCUT2D eigenvalue weighted by Gasteiger charge is 2.54. The number of unbranched alkanes of at least 4 members (excludes halogenated alkanes) is 3. The van der Waals surface area contributed by atoms with Crippen molar-refractivity contribution in [2.45, 2.75) is 57.9 Å². The van der Waals surface area contributed by atoms with Gasteiger partial charge in [0.2, 0.25) is 0 Å². The Hall–Kier alpha value is -1.14. The Morgan fingerprint density at radius 1 is 1.00 bits per heavy atom. The standard InChI is InChI=1S/C15H28N2O4/c1-3-5-6-7-8-15(4-2)13(20)16(9-11-18)14(21)17(15)10-12-19/h18-19H,3-12H2,1-2H3. The zero-order chi connectivity index (χ0) is 15.9. The van der Waals surface area contributed by atoms with E-state index in [1.165, 1.54) is 4.90 Å². The van der Waals surface area contributed by atoms with Crippen LogP contribution in [0, 0.1) is 0 Å². The zero-order valence-electron chi connectivity index (χ0n) is 13.2. The van der Waals surface area contributed by atoms with Crippen molar-refractivity contribution >= 4 is 11.9 Å². The van der Waals surface area contributed by atoms with Gasteiger partial charge in [0.1, 0.15) is 5.54 Å². The van der Waals surface area contributed by atoms with Crippen molar-refractivity contribution in [2.24, 2.45) is 0 Å². The SMILES string of the molecule is CCCCCCC1(CC)C(=O)N(CCO)C(=O)N1CCO. The van der Waals surface area contributed by atoms with Crippen LogP contribution in [0.25, 0.3) is 0 Å². The monoisotopic (exact) mass is 300 g/mol. The largest absolute Gasteiger partial charge is 0.395 e. The van der Waals surface area contributed by atoms with Crippen LogP contribution in [0.4, 0.5) is 4.79 Å². The summed E-state index contributed by atoms with van der Waals surface area (Å²) >= 11 is 0. The van der Waals surface area contributed by atoms with Gasteiger partial charge in [0.05, 0.1) is 19.8 Å². The lowest BCUT2D eigenvalue weighted by Gasteiger charge is -2.34. The van der Waals surface area contributed by atoms with E-state index in [4.69, 9.17) is 5.11 Å². The maximum absolute atomic E-state index is 12.7. The number of rotatable bonds is 10. The molecule has 1 aliphatic rings. The highest BCUT2D eigenvalue weighted by atomic mass is 16.3. The molecule has 0 spiro atoms. The average Bonchev–Trinajstić information content (AvgIpc) is 2.68. The van der Waals surface area contributed by atoms with Gasteiger partial charge >= 0.3 is 6.03 Å². The van der Waals surface area contributed by atoms with Gasteiger partial charge in [-0.05, 0) is 12.8 Å². The van der Waals surface area contributed by atoms with Gasteiger partial charge in [0.25, 0.3) is 5.91 Å². The summed E-state index contributed by atoms with van der Waals surface area (Å²) in [4.78, 5) is 27.7. The van der Waals surface area contributed by atoms with E-state index in [1.54, 1.807) is 0 Å². The van der Waals surface area contributed by atoms with Crippen molar-refractivity contribution in [2.75, 3.05) is 26.3 Å². The molecule has 1 aliphatic heterocycles. The van der Waals surface area contributed by atoms with Crippen molar-refractivity contribution in [3.8, 4) is 0 Å². The normalized spacial score (nSPS) is 22.5. The summed E-state index contributed by atoms with van der Waals surface area (Å²) < 4.78 is 0. The molecule has 1 atom stereocenters. The molecule has 6 nitrogen and oxygen atoms in total. The van der Waals surface area contributed by atoms with Crippen LogP contribution >= 0.6 is 0 Å². The number of urea groups is 1. The number of imide groups is 1. The van der Waals surface area contributed by atoms with Gasteiger partial charge in [0.15, 0.2) is 0 Å².